The number of hydrogen-bond acceptors (Lipinski definition) is 5. The van der Waals surface area contributed by atoms with Crippen LogP contribution in [0.5, 0.6) is 11.5 Å². The summed E-state index contributed by atoms with van der Waals surface area (Å²) in [6.45, 7) is 5.22. The molecule has 2 aliphatic heterocycles. The van der Waals surface area contributed by atoms with E-state index in [0.717, 1.165) is 24.8 Å². The monoisotopic (exact) mass is 458 g/mol. The number of methoxy groups -OCH3 is 1. The van der Waals surface area contributed by atoms with Gasteiger partial charge in [0.2, 0.25) is 10.0 Å². The molecule has 0 bridgehead atoms. The molecule has 1 saturated heterocycles. The lowest BCUT2D eigenvalue weighted by Gasteiger charge is -2.37. The van der Waals surface area contributed by atoms with Crippen molar-refractivity contribution in [2.24, 2.45) is 0 Å². The summed E-state index contributed by atoms with van der Waals surface area (Å²) in [5.41, 5.74) is 0.551. The number of carbonyl (C=O) groups is 1. The van der Waals surface area contributed by atoms with Crippen LogP contribution in [0.1, 0.15) is 61.5 Å². The van der Waals surface area contributed by atoms with Crippen molar-refractivity contribution in [2.75, 3.05) is 20.2 Å². The van der Waals surface area contributed by atoms with Crippen molar-refractivity contribution in [3.63, 3.8) is 0 Å². The summed E-state index contributed by atoms with van der Waals surface area (Å²) in [4.78, 5) is 14.9. The van der Waals surface area contributed by atoms with E-state index in [4.69, 9.17) is 9.47 Å². The van der Waals surface area contributed by atoms with Crippen molar-refractivity contribution in [3.8, 4) is 11.5 Å². The van der Waals surface area contributed by atoms with Crippen LogP contribution in [0.25, 0.3) is 0 Å². The second-order valence-electron chi connectivity index (χ2n) is 8.99. The summed E-state index contributed by atoms with van der Waals surface area (Å²) >= 11 is 0. The number of hydrogen-bond donors (Lipinski definition) is 1. The van der Waals surface area contributed by atoms with Gasteiger partial charge in [0.15, 0.2) is 0 Å². The number of nitrogens with one attached hydrogen (secondary N) is 1. The summed E-state index contributed by atoms with van der Waals surface area (Å²) in [7, 11) is -2.41. The minimum Gasteiger partial charge on any atom is -0.496 e. The van der Waals surface area contributed by atoms with Crippen molar-refractivity contribution in [1.29, 1.82) is 0 Å². The summed E-state index contributed by atoms with van der Waals surface area (Å²) in [6, 6.07) is 11.5. The second kappa shape index (κ2) is 8.75. The number of fused-ring (bicyclic) bond motifs is 1. The first kappa shape index (κ1) is 22.6. The summed E-state index contributed by atoms with van der Waals surface area (Å²) < 4.78 is 40.9. The van der Waals surface area contributed by atoms with Gasteiger partial charge in [-0.1, -0.05) is 18.2 Å². The number of benzene rings is 2. The van der Waals surface area contributed by atoms with E-state index in [1.54, 1.807) is 11.0 Å². The third kappa shape index (κ3) is 4.61. The van der Waals surface area contributed by atoms with Gasteiger partial charge in [0.05, 0.1) is 23.6 Å². The lowest BCUT2D eigenvalue weighted by Crippen LogP contribution is -2.41. The van der Waals surface area contributed by atoms with E-state index in [-0.39, 0.29) is 16.4 Å². The first-order valence-corrected chi connectivity index (χ1v) is 12.5. The van der Waals surface area contributed by atoms with Gasteiger partial charge in [0.25, 0.3) is 5.91 Å². The molecule has 1 atom stereocenters. The largest absolute Gasteiger partial charge is 0.496 e. The van der Waals surface area contributed by atoms with Gasteiger partial charge in [-0.15, -0.1) is 0 Å². The van der Waals surface area contributed by atoms with E-state index < -0.39 is 21.7 Å². The molecule has 8 heteroatoms. The number of para-hydroxylation sites is 1. The van der Waals surface area contributed by atoms with Gasteiger partial charge >= 0.3 is 0 Å². The molecule has 1 N–H and O–H groups in total. The number of carbonyl (C=O) groups excluding carboxylic acids is 1. The highest BCUT2D eigenvalue weighted by molar-refractivity contribution is 7.89. The van der Waals surface area contributed by atoms with Gasteiger partial charge in [-0.2, -0.15) is 0 Å². The Morgan fingerprint density at radius 2 is 1.84 bits per heavy atom. The molecule has 172 valence electrons. The highest BCUT2D eigenvalue weighted by atomic mass is 32.2. The lowest BCUT2D eigenvalue weighted by molar-refractivity contribution is 0.0701. The molecule has 0 aliphatic carbocycles. The zero-order valence-corrected chi connectivity index (χ0v) is 19.6. The van der Waals surface area contributed by atoms with Crippen LogP contribution in [0, 0.1) is 0 Å². The van der Waals surface area contributed by atoms with Gasteiger partial charge < -0.3 is 14.4 Å². The van der Waals surface area contributed by atoms with Crippen LogP contribution >= 0.6 is 0 Å². The molecular weight excluding hydrogens is 428 g/mol. The molecule has 0 spiro atoms. The van der Waals surface area contributed by atoms with E-state index in [2.05, 4.69) is 4.72 Å². The van der Waals surface area contributed by atoms with Crippen LogP contribution < -0.4 is 14.2 Å². The van der Waals surface area contributed by atoms with Crippen molar-refractivity contribution >= 4 is 15.9 Å². The first-order chi connectivity index (χ1) is 15.2. The van der Waals surface area contributed by atoms with Gasteiger partial charge in [-0.3, -0.25) is 4.79 Å². The molecule has 2 heterocycles. The number of nitrogens with zero attached hydrogens (tertiary/aromatic N) is 1. The molecular formula is C24H30N2O5S. The number of rotatable bonds is 5. The average molecular weight is 459 g/mol. The molecule has 0 aromatic heterocycles. The molecule has 32 heavy (non-hydrogen) atoms. The van der Waals surface area contributed by atoms with Gasteiger partial charge in [0.1, 0.15) is 17.1 Å². The van der Waals surface area contributed by atoms with Crippen molar-refractivity contribution in [3.05, 3.63) is 53.6 Å². The Hall–Kier alpha value is -2.58. The molecule has 0 saturated carbocycles. The van der Waals surface area contributed by atoms with Gasteiger partial charge in [-0.25, -0.2) is 13.1 Å². The molecule has 0 unspecified atom stereocenters. The Morgan fingerprint density at radius 3 is 2.56 bits per heavy atom. The molecule has 0 radical (unpaired) electrons. The Bertz CT molecular complexity index is 1110. The second-order valence-corrected chi connectivity index (χ2v) is 10.7. The molecule has 7 nitrogen and oxygen atoms in total. The Kier molecular flexibility index (Phi) is 6.18. The highest BCUT2D eigenvalue weighted by Gasteiger charge is 2.36. The maximum atomic E-state index is 13.4. The van der Waals surface area contributed by atoms with Crippen molar-refractivity contribution in [2.45, 2.75) is 56.1 Å². The fourth-order valence-electron chi connectivity index (χ4n) is 4.45. The van der Waals surface area contributed by atoms with Crippen LogP contribution in [-0.4, -0.2) is 45.0 Å². The fraction of sp³-hybridized carbons (Fsp3) is 0.458. The molecule has 4 rings (SSSR count). The minimum absolute atomic E-state index is 0.0421. The summed E-state index contributed by atoms with van der Waals surface area (Å²) in [5, 5.41) is 0. The van der Waals surface area contributed by atoms with Gasteiger partial charge in [-0.05, 0) is 57.4 Å². The summed E-state index contributed by atoms with van der Waals surface area (Å²) in [5.74, 6) is 0.848. The third-order valence-electron chi connectivity index (χ3n) is 6.03. The molecule has 1 fully saturated rings. The van der Waals surface area contributed by atoms with E-state index >= 15 is 0 Å². The fourth-order valence-corrected chi connectivity index (χ4v) is 5.69. The smallest absolute Gasteiger partial charge is 0.257 e. The Balaban J connectivity index is 1.65. The zero-order chi connectivity index (χ0) is 22.9. The number of ether oxygens (including phenoxy) is 2. The predicted molar refractivity (Wildman–Crippen MR) is 122 cm³/mol. The van der Waals surface area contributed by atoms with Crippen molar-refractivity contribution < 1.29 is 22.7 Å². The van der Waals surface area contributed by atoms with Crippen LogP contribution in [-0.2, 0) is 10.0 Å². The van der Waals surface area contributed by atoms with E-state index in [1.165, 1.54) is 19.2 Å². The lowest BCUT2D eigenvalue weighted by atomic mass is 9.90. The van der Waals surface area contributed by atoms with Crippen LogP contribution in [0.3, 0.4) is 0 Å². The van der Waals surface area contributed by atoms with E-state index in [9.17, 15) is 13.2 Å². The normalized spacial score (nSPS) is 20.2. The van der Waals surface area contributed by atoms with E-state index in [0.29, 0.717) is 31.0 Å². The quantitative estimate of drug-likeness (QED) is 0.735. The predicted octanol–water partition coefficient (Wildman–Crippen LogP) is 3.90. The first-order valence-electron chi connectivity index (χ1n) is 11.0. The number of likely N-dealkylation sites (tertiary alicyclic amines) is 1. The summed E-state index contributed by atoms with van der Waals surface area (Å²) in [6.07, 6.45) is 3.49. The number of sulfonamides is 1. The maximum absolute atomic E-state index is 13.4. The van der Waals surface area contributed by atoms with Crippen LogP contribution in [0.2, 0.25) is 0 Å². The molecule has 2 aliphatic rings. The standard InChI is InChI=1S/C24H30N2O5S/c1-24(2)16-20(18-9-5-6-10-22(18)31-24)25-32(28,29)17-11-12-21(30-3)19(15-17)23(27)26-13-7-4-8-14-26/h5-6,9-12,15,20,25H,4,7-8,13-14,16H2,1-3H3/t20-/m1/s1. The Labute approximate surface area is 189 Å². The molecule has 2 aromatic carbocycles. The SMILES string of the molecule is COc1ccc(S(=O)(=O)N[C@@H]2CC(C)(C)Oc3ccccc32)cc1C(=O)N1CCCCC1. The van der Waals surface area contributed by atoms with Crippen LogP contribution in [0.15, 0.2) is 47.4 Å². The molecule has 2 aromatic rings. The van der Waals surface area contributed by atoms with Crippen LogP contribution in [0.4, 0.5) is 0 Å². The molecule has 1 amide bonds. The zero-order valence-electron chi connectivity index (χ0n) is 18.8. The minimum atomic E-state index is -3.90. The van der Waals surface area contributed by atoms with E-state index in [1.807, 2.05) is 38.1 Å². The third-order valence-corrected chi connectivity index (χ3v) is 7.50. The average Bonchev–Trinajstić information content (AvgIpc) is 2.77. The van der Waals surface area contributed by atoms with Crippen molar-refractivity contribution in [1.82, 2.24) is 9.62 Å². The number of piperidine rings is 1. The highest BCUT2D eigenvalue weighted by Crippen LogP contribution is 2.40. The maximum Gasteiger partial charge on any atom is 0.257 e. The topological polar surface area (TPSA) is 84.9 Å². The Morgan fingerprint density at radius 1 is 1.12 bits per heavy atom. The van der Waals surface area contributed by atoms with Gasteiger partial charge in [0, 0.05) is 25.1 Å². The number of amides is 1.